The summed E-state index contributed by atoms with van der Waals surface area (Å²) in [7, 11) is 3.28. The highest BCUT2D eigenvalue weighted by Gasteiger charge is 2.07. The van der Waals surface area contributed by atoms with Gasteiger partial charge in [0.15, 0.2) is 0 Å². The van der Waals surface area contributed by atoms with Gasteiger partial charge >= 0.3 is 0 Å². The van der Waals surface area contributed by atoms with E-state index in [1.807, 2.05) is 11.8 Å². The van der Waals surface area contributed by atoms with Crippen LogP contribution in [0.5, 0.6) is 5.75 Å². The molecule has 0 aliphatic heterocycles. The molecule has 0 fully saturated rings. The highest BCUT2D eigenvalue weighted by atomic mass is 32.2. The Labute approximate surface area is 130 Å². The predicted molar refractivity (Wildman–Crippen MR) is 89.1 cm³/mol. The number of nitrogen functional groups attached to an aromatic ring is 1. The number of nitrogens with two attached hydrogens (primary N) is 1. The van der Waals surface area contributed by atoms with E-state index in [0.717, 1.165) is 31.0 Å². The van der Waals surface area contributed by atoms with Gasteiger partial charge in [-0.05, 0) is 42.5 Å². The number of ether oxygens (including phenoxy) is 2. The number of rotatable bonds is 10. The number of carbonyl (C=O) groups excluding carboxylic acids is 1. The fourth-order valence-electron chi connectivity index (χ4n) is 1.78. The van der Waals surface area contributed by atoms with E-state index in [9.17, 15) is 4.79 Å². The Morgan fingerprint density at radius 1 is 1.29 bits per heavy atom. The van der Waals surface area contributed by atoms with Crippen LogP contribution in [-0.4, -0.2) is 38.2 Å². The SMILES string of the molecule is COCCCSCCCC(=O)Nc1cc(N)ccc1OC. The van der Waals surface area contributed by atoms with Crippen LogP contribution in [0.2, 0.25) is 0 Å². The molecule has 0 aliphatic carbocycles. The molecule has 0 bridgehead atoms. The summed E-state index contributed by atoms with van der Waals surface area (Å²) >= 11 is 1.85. The number of hydrogen-bond donors (Lipinski definition) is 2. The maximum absolute atomic E-state index is 11.9. The molecule has 5 nitrogen and oxygen atoms in total. The maximum Gasteiger partial charge on any atom is 0.224 e. The quantitative estimate of drug-likeness (QED) is 0.513. The first kappa shape index (κ1) is 17.7. The number of amides is 1. The lowest BCUT2D eigenvalue weighted by Gasteiger charge is -2.10. The molecule has 21 heavy (non-hydrogen) atoms. The van der Waals surface area contributed by atoms with E-state index in [1.165, 1.54) is 0 Å². The molecular formula is C15H24N2O3S. The highest BCUT2D eigenvalue weighted by molar-refractivity contribution is 7.99. The summed E-state index contributed by atoms with van der Waals surface area (Å²) < 4.78 is 10.2. The number of carbonyl (C=O) groups is 1. The van der Waals surface area contributed by atoms with Crippen LogP contribution in [0.1, 0.15) is 19.3 Å². The van der Waals surface area contributed by atoms with Gasteiger partial charge in [-0.15, -0.1) is 0 Å². The van der Waals surface area contributed by atoms with Gasteiger partial charge in [0.25, 0.3) is 0 Å². The molecule has 1 aromatic carbocycles. The maximum atomic E-state index is 11.9. The minimum Gasteiger partial charge on any atom is -0.495 e. The average Bonchev–Trinajstić information content (AvgIpc) is 2.46. The van der Waals surface area contributed by atoms with Gasteiger partial charge < -0.3 is 20.5 Å². The van der Waals surface area contributed by atoms with Crippen LogP contribution in [0.25, 0.3) is 0 Å². The monoisotopic (exact) mass is 312 g/mol. The molecule has 0 saturated carbocycles. The molecular weight excluding hydrogens is 288 g/mol. The van der Waals surface area contributed by atoms with Crippen LogP contribution in [0.3, 0.4) is 0 Å². The summed E-state index contributed by atoms with van der Waals surface area (Å²) in [5.41, 5.74) is 6.93. The van der Waals surface area contributed by atoms with E-state index in [-0.39, 0.29) is 5.91 Å². The van der Waals surface area contributed by atoms with E-state index in [2.05, 4.69) is 5.32 Å². The second-order valence-corrected chi connectivity index (χ2v) is 5.79. The highest BCUT2D eigenvalue weighted by Crippen LogP contribution is 2.26. The molecule has 0 spiro atoms. The minimum atomic E-state index is -0.0172. The Bertz CT molecular complexity index is 441. The lowest BCUT2D eigenvalue weighted by Crippen LogP contribution is -2.12. The number of hydrogen-bond acceptors (Lipinski definition) is 5. The molecule has 1 amide bonds. The summed E-state index contributed by atoms with van der Waals surface area (Å²) in [5.74, 6) is 2.65. The van der Waals surface area contributed by atoms with Crippen molar-refractivity contribution in [2.45, 2.75) is 19.3 Å². The van der Waals surface area contributed by atoms with Gasteiger partial charge in [0, 0.05) is 25.8 Å². The largest absolute Gasteiger partial charge is 0.495 e. The van der Waals surface area contributed by atoms with Gasteiger partial charge in [-0.1, -0.05) is 0 Å². The third-order valence-electron chi connectivity index (χ3n) is 2.83. The third-order valence-corrected chi connectivity index (χ3v) is 3.98. The van der Waals surface area contributed by atoms with Gasteiger partial charge in [0.05, 0.1) is 12.8 Å². The number of nitrogens with one attached hydrogen (secondary N) is 1. The van der Waals surface area contributed by atoms with E-state index in [4.69, 9.17) is 15.2 Å². The second kappa shape index (κ2) is 10.3. The molecule has 118 valence electrons. The zero-order chi connectivity index (χ0) is 15.5. The third kappa shape index (κ3) is 7.24. The minimum absolute atomic E-state index is 0.0172. The molecule has 0 unspecified atom stereocenters. The van der Waals surface area contributed by atoms with E-state index in [1.54, 1.807) is 32.4 Å². The Kier molecular flexibility index (Phi) is 8.69. The summed E-state index contributed by atoms with van der Waals surface area (Å²) in [6.07, 6.45) is 2.40. The van der Waals surface area contributed by atoms with Gasteiger partial charge in [-0.2, -0.15) is 11.8 Å². The zero-order valence-electron chi connectivity index (χ0n) is 12.7. The molecule has 0 aliphatic rings. The van der Waals surface area contributed by atoms with Crippen LogP contribution in [0, 0.1) is 0 Å². The first-order chi connectivity index (χ1) is 10.2. The molecule has 0 saturated heterocycles. The number of benzene rings is 1. The van der Waals surface area contributed by atoms with Crippen LogP contribution in [0.15, 0.2) is 18.2 Å². The summed E-state index contributed by atoms with van der Waals surface area (Å²) in [6, 6.07) is 5.19. The average molecular weight is 312 g/mol. The Morgan fingerprint density at radius 2 is 2.05 bits per heavy atom. The first-order valence-corrected chi connectivity index (χ1v) is 8.13. The van der Waals surface area contributed by atoms with Crippen LogP contribution in [0.4, 0.5) is 11.4 Å². The Hall–Kier alpha value is -1.40. The van der Waals surface area contributed by atoms with Gasteiger partial charge in [0.1, 0.15) is 5.75 Å². The fourth-order valence-corrected chi connectivity index (χ4v) is 2.65. The molecule has 0 aromatic heterocycles. The van der Waals surface area contributed by atoms with Gasteiger partial charge in [0.2, 0.25) is 5.91 Å². The van der Waals surface area contributed by atoms with Crippen molar-refractivity contribution in [1.82, 2.24) is 0 Å². The van der Waals surface area contributed by atoms with E-state index in [0.29, 0.717) is 23.5 Å². The molecule has 1 rings (SSSR count). The van der Waals surface area contributed by atoms with E-state index < -0.39 is 0 Å². The number of anilines is 2. The van der Waals surface area contributed by atoms with Crippen molar-refractivity contribution in [3.05, 3.63) is 18.2 Å². The molecule has 6 heteroatoms. The van der Waals surface area contributed by atoms with Crippen molar-refractivity contribution >= 4 is 29.0 Å². The zero-order valence-corrected chi connectivity index (χ0v) is 13.5. The molecule has 1 aromatic rings. The van der Waals surface area contributed by atoms with Crippen molar-refractivity contribution in [3.8, 4) is 5.75 Å². The summed E-state index contributed by atoms with van der Waals surface area (Å²) in [4.78, 5) is 11.9. The predicted octanol–water partition coefficient (Wildman–Crippen LogP) is 2.77. The molecule has 0 radical (unpaired) electrons. The lowest BCUT2D eigenvalue weighted by atomic mass is 10.2. The lowest BCUT2D eigenvalue weighted by molar-refractivity contribution is -0.116. The fraction of sp³-hybridized carbons (Fsp3) is 0.533. The van der Waals surface area contributed by atoms with Crippen LogP contribution < -0.4 is 15.8 Å². The van der Waals surface area contributed by atoms with Crippen LogP contribution in [-0.2, 0) is 9.53 Å². The normalized spacial score (nSPS) is 10.4. The second-order valence-electron chi connectivity index (χ2n) is 4.57. The van der Waals surface area contributed by atoms with E-state index >= 15 is 0 Å². The summed E-state index contributed by atoms with van der Waals surface area (Å²) in [5, 5.41) is 2.84. The Morgan fingerprint density at radius 3 is 2.76 bits per heavy atom. The smallest absolute Gasteiger partial charge is 0.224 e. The van der Waals surface area contributed by atoms with Crippen molar-refractivity contribution in [2.75, 3.05) is 43.4 Å². The van der Waals surface area contributed by atoms with Gasteiger partial charge in [-0.25, -0.2) is 0 Å². The Balaban J connectivity index is 2.26. The number of methoxy groups -OCH3 is 2. The van der Waals surface area contributed by atoms with Crippen molar-refractivity contribution in [2.24, 2.45) is 0 Å². The molecule has 0 atom stereocenters. The van der Waals surface area contributed by atoms with Crippen molar-refractivity contribution in [1.29, 1.82) is 0 Å². The van der Waals surface area contributed by atoms with Crippen molar-refractivity contribution < 1.29 is 14.3 Å². The topological polar surface area (TPSA) is 73.6 Å². The number of thioether (sulfide) groups is 1. The van der Waals surface area contributed by atoms with Crippen molar-refractivity contribution in [3.63, 3.8) is 0 Å². The first-order valence-electron chi connectivity index (χ1n) is 6.97. The standard InChI is InChI=1S/C15H24N2O3S/c1-19-8-4-10-21-9-3-5-15(18)17-13-11-12(16)6-7-14(13)20-2/h6-7,11H,3-5,8-10,16H2,1-2H3,(H,17,18). The molecule has 3 N–H and O–H groups in total. The molecule has 0 heterocycles. The van der Waals surface area contributed by atoms with Gasteiger partial charge in [-0.3, -0.25) is 4.79 Å². The van der Waals surface area contributed by atoms with Crippen LogP contribution >= 0.6 is 11.8 Å². The summed E-state index contributed by atoms with van der Waals surface area (Å²) in [6.45, 7) is 0.794.